The largest absolute Gasteiger partial charge is 0.480 e. The lowest BCUT2D eigenvalue weighted by Crippen LogP contribution is -2.51. The Labute approximate surface area is 413 Å². The van der Waals surface area contributed by atoms with Crippen molar-refractivity contribution in [2.75, 3.05) is 56.9 Å². The highest BCUT2D eigenvalue weighted by atomic mass is 16.6. The number of hydrogen-bond acceptors (Lipinski definition) is 11. The normalized spacial score (nSPS) is 25.7. The molecule has 14 heteroatoms. The number of rotatable bonds is 26. The summed E-state index contributed by atoms with van der Waals surface area (Å²) < 4.78 is 7.61. The molecule has 1 aromatic carbocycles. The number of carbonyl (C=O) groups is 2. The van der Waals surface area contributed by atoms with Crippen molar-refractivity contribution in [3.05, 3.63) is 47.0 Å². The average Bonchev–Trinajstić information content (AvgIpc) is 3.85. The molecule has 8 N–H and O–H groups in total. The number of ether oxygens (including phenoxy) is 1. The van der Waals surface area contributed by atoms with Crippen LogP contribution in [-0.4, -0.2) is 88.5 Å². The van der Waals surface area contributed by atoms with Crippen LogP contribution in [-0.2, 0) is 11.3 Å². The van der Waals surface area contributed by atoms with Crippen LogP contribution < -0.4 is 32.3 Å². The molecule has 3 aromatic rings. The van der Waals surface area contributed by atoms with Gasteiger partial charge < -0.3 is 42.2 Å². The van der Waals surface area contributed by atoms with Gasteiger partial charge in [-0.15, -0.1) is 0 Å². The van der Waals surface area contributed by atoms with Crippen molar-refractivity contribution in [3.63, 3.8) is 0 Å². The number of allylic oxidation sites excluding steroid dienone is 1. The van der Waals surface area contributed by atoms with Crippen LogP contribution in [0.4, 0.5) is 16.6 Å². The van der Waals surface area contributed by atoms with Crippen molar-refractivity contribution in [2.45, 2.75) is 163 Å². The molecule has 8 atom stereocenters. The maximum Gasteiger partial charge on any atom is 0.407 e. The van der Waals surface area contributed by atoms with E-state index in [1.807, 2.05) is 12.1 Å². The molecule has 2 unspecified atom stereocenters. The van der Waals surface area contributed by atoms with E-state index in [2.05, 4.69) is 89.2 Å². The van der Waals surface area contributed by atoms with Crippen LogP contribution in [0.1, 0.15) is 167 Å². The number of amides is 2. The minimum absolute atomic E-state index is 0.0168. The third-order valence-electron chi connectivity index (χ3n) is 17.1. The van der Waals surface area contributed by atoms with Crippen molar-refractivity contribution in [1.29, 1.82) is 0 Å². The van der Waals surface area contributed by atoms with Crippen LogP contribution in [0.15, 0.2) is 35.9 Å². The van der Waals surface area contributed by atoms with Gasteiger partial charge in [0.15, 0.2) is 17.0 Å². The predicted octanol–water partition coefficient (Wildman–Crippen LogP) is 9.98. The maximum absolute atomic E-state index is 12.8. The zero-order valence-corrected chi connectivity index (χ0v) is 43.1. The van der Waals surface area contributed by atoms with Gasteiger partial charge in [-0.2, -0.15) is 15.0 Å². The number of aromatic nitrogens is 4. The van der Waals surface area contributed by atoms with Crippen molar-refractivity contribution in [2.24, 2.45) is 46.3 Å². The summed E-state index contributed by atoms with van der Waals surface area (Å²) in [5, 5.41) is 26.8. The lowest BCUT2D eigenvalue weighted by Gasteiger charge is -2.58. The number of hydrogen-bond donors (Lipinski definition) is 7. The Hall–Kier alpha value is -4.43. The number of nitrogens with two attached hydrogens (primary N) is 1. The molecule has 0 bridgehead atoms. The van der Waals surface area contributed by atoms with Gasteiger partial charge in [0.1, 0.15) is 6.10 Å². The van der Waals surface area contributed by atoms with E-state index in [0.717, 1.165) is 132 Å². The number of nitrogen functional groups attached to an aromatic ring is 1. The molecular weight excluding hydrogens is 865 g/mol. The van der Waals surface area contributed by atoms with Crippen molar-refractivity contribution in [1.82, 2.24) is 40.8 Å². The molecule has 3 fully saturated rings. The van der Waals surface area contributed by atoms with Gasteiger partial charge in [-0.25, -0.2) is 4.79 Å². The van der Waals surface area contributed by atoms with Crippen LogP contribution in [0.3, 0.4) is 0 Å². The monoisotopic (exact) mass is 953 g/mol. The smallest absolute Gasteiger partial charge is 0.407 e. The van der Waals surface area contributed by atoms with Crippen LogP contribution in [0.25, 0.3) is 11.2 Å². The second-order valence-electron chi connectivity index (χ2n) is 22.2. The summed E-state index contributed by atoms with van der Waals surface area (Å²) in [6, 6.07) is 7.11. The van der Waals surface area contributed by atoms with Gasteiger partial charge in [0.2, 0.25) is 5.95 Å². The topological polar surface area (TPSA) is 193 Å². The molecule has 2 aromatic heterocycles. The summed E-state index contributed by atoms with van der Waals surface area (Å²) in [7, 11) is 0. The number of anilines is 2. The number of nitrogens with zero attached hydrogens (tertiary/aromatic N) is 4. The number of imidazole rings is 1. The number of benzene rings is 1. The average molecular weight is 953 g/mol. The Bertz CT molecular complexity index is 2160. The fraction of sp³-hybridized carbons (Fsp3) is 0.727. The van der Waals surface area contributed by atoms with Crippen molar-refractivity contribution in [3.8, 4) is 6.01 Å². The van der Waals surface area contributed by atoms with Gasteiger partial charge in [-0.3, -0.25) is 9.36 Å². The first-order valence-corrected chi connectivity index (χ1v) is 27.2. The van der Waals surface area contributed by atoms with Gasteiger partial charge >= 0.3 is 6.09 Å². The zero-order valence-electron chi connectivity index (χ0n) is 43.1. The Balaban J connectivity index is 0.698. The van der Waals surface area contributed by atoms with E-state index < -0.39 is 0 Å². The first-order valence-electron chi connectivity index (χ1n) is 27.2. The Kier molecular flexibility index (Phi) is 18.7. The summed E-state index contributed by atoms with van der Waals surface area (Å²) in [5.41, 5.74) is 10.7. The second kappa shape index (κ2) is 24.6. The van der Waals surface area contributed by atoms with Gasteiger partial charge in [0, 0.05) is 31.6 Å². The first-order chi connectivity index (χ1) is 33.3. The Morgan fingerprint density at radius 2 is 1.55 bits per heavy atom. The summed E-state index contributed by atoms with van der Waals surface area (Å²) in [6.45, 7) is 20.4. The highest BCUT2D eigenvalue weighted by Gasteiger charge is 2.59. The van der Waals surface area contributed by atoms with Gasteiger partial charge in [-0.1, -0.05) is 91.0 Å². The van der Waals surface area contributed by atoms with Gasteiger partial charge in [0.25, 0.3) is 11.9 Å². The first kappa shape index (κ1) is 52.4. The van der Waals surface area contributed by atoms with E-state index >= 15 is 0 Å². The van der Waals surface area contributed by atoms with E-state index in [4.69, 9.17) is 10.5 Å². The van der Waals surface area contributed by atoms with Crippen LogP contribution in [0, 0.1) is 46.3 Å². The lowest BCUT2D eigenvalue weighted by molar-refractivity contribution is -0.0581. The fourth-order valence-electron chi connectivity index (χ4n) is 13.2. The minimum Gasteiger partial charge on any atom is -0.480 e. The van der Waals surface area contributed by atoms with Crippen LogP contribution in [0.2, 0.25) is 0 Å². The fourth-order valence-corrected chi connectivity index (χ4v) is 13.2. The van der Waals surface area contributed by atoms with Crippen LogP contribution >= 0.6 is 0 Å². The molecule has 4 aliphatic rings. The number of unbranched alkanes of at least 4 members (excludes halogenated alkanes) is 2. The predicted molar refractivity (Wildman–Crippen MR) is 278 cm³/mol. The van der Waals surface area contributed by atoms with E-state index in [0.29, 0.717) is 47.7 Å². The van der Waals surface area contributed by atoms with Gasteiger partial charge in [-0.05, 0) is 167 Å². The molecule has 2 amide bonds. The lowest BCUT2D eigenvalue weighted by atomic mass is 9.47. The van der Waals surface area contributed by atoms with Gasteiger partial charge in [0.05, 0.1) is 6.54 Å². The number of aromatic hydroxyl groups is 1. The summed E-state index contributed by atoms with van der Waals surface area (Å²) in [5.74, 6) is 5.50. The number of nitrogens with one attached hydrogen (secondary N) is 5. The minimum atomic E-state index is -0.267. The molecule has 2 heterocycles. The molecule has 69 heavy (non-hydrogen) atoms. The van der Waals surface area contributed by atoms with Crippen molar-refractivity contribution < 1.29 is 19.4 Å². The van der Waals surface area contributed by atoms with E-state index in [1.165, 1.54) is 51.4 Å². The summed E-state index contributed by atoms with van der Waals surface area (Å²) >= 11 is 0. The molecule has 0 radical (unpaired) electrons. The number of alkyl carbamates (subject to hydrolysis) is 1. The molecule has 0 aliphatic heterocycles. The standard InChI is InChI=1S/C55H88N10O4/c1-7-8-32-60-51-63-48(56)47-49(64-51)65(52(67)62-47)36-39-16-18-40(19-17-39)50(66)59-33-12-30-57-28-9-10-29-58-31-13-34-61-53(68)69-42-24-26-54(5)41(35-42)20-21-43-45-23-22-44(38(4)15-11-14-37(2)3)55(45,6)27-25-46(43)54/h16-20,37-38,42-46,57-58H,7-15,21-36H2,1-6H3,(H,59,66)(H,61,68)(H,62,67)(H3,56,60,63,64)/t38-,42+,43+,44?,45?,46+,54+,55-/m1/s1. The highest BCUT2D eigenvalue weighted by molar-refractivity contribution is 5.94. The highest BCUT2D eigenvalue weighted by Crippen LogP contribution is 2.67. The SMILES string of the molecule is CCCCNc1nc(N)c2nc(O)n(Cc3ccc(C(=O)NCCCNCCCCNCCCNC(=O)O[C@H]4CC[C@@]5(C)C(=CC[C@H]6C7CCC([C@H](C)CCCC(C)C)[C@@]7(C)CC[C@@H]65)C4)cc3)c2n1. The van der Waals surface area contributed by atoms with E-state index in [9.17, 15) is 14.7 Å². The molecule has 3 saturated carbocycles. The molecular formula is C55H88N10O4. The Morgan fingerprint density at radius 3 is 2.28 bits per heavy atom. The maximum atomic E-state index is 12.8. The Morgan fingerprint density at radius 1 is 0.826 bits per heavy atom. The molecule has 0 saturated heterocycles. The molecule has 4 aliphatic carbocycles. The quantitative estimate of drug-likeness (QED) is 0.0299. The summed E-state index contributed by atoms with van der Waals surface area (Å²) in [6.07, 6.45) is 22.2. The molecule has 0 spiro atoms. The van der Waals surface area contributed by atoms with E-state index in [1.54, 1.807) is 22.3 Å². The molecule has 382 valence electrons. The van der Waals surface area contributed by atoms with Crippen molar-refractivity contribution >= 4 is 34.9 Å². The number of carbonyl (C=O) groups excluding carboxylic acids is 2. The zero-order chi connectivity index (χ0) is 49.0. The molecule has 7 rings (SSSR count). The van der Waals surface area contributed by atoms with Crippen LogP contribution in [0.5, 0.6) is 6.01 Å². The third kappa shape index (κ3) is 13.1. The molecule has 14 nitrogen and oxygen atoms in total. The second-order valence-corrected chi connectivity index (χ2v) is 22.2. The third-order valence-corrected chi connectivity index (χ3v) is 17.1. The number of fused-ring (bicyclic) bond motifs is 6. The van der Waals surface area contributed by atoms with E-state index in [-0.39, 0.29) is 35.3 Å². The summed E-state index contributed by atoms with van der Waals surface area (Å²) in [4.78, 5) is 38.7.